The molecule has 1 aliphatic heterocycles. The molecule has 0 atom stereocenters. The van der Waals surface area contributed by atoms with E-state index in [-0.39, 0.29) is 17.6 Å². The zero-order valence-electron chi connectivity index (χ0n) is 13.0. The third kappa shape index (κ3) is 4.08. The Morgan fingerprint density at radius 3 is 2.62 bits per heavy atom. The molecule has 0 radical (unpaired) electrons. The predicted molar refractivity (Wildman–Crippen MR) is 97.3 cm³/mol. The van der Waals surface area contributed by atoms with Crippen molar-refractivity contribution in [3.63, 3.8) is 0 Å². The number of hydrogen-bond donors (Lipinski definition) is 1. The Morgan fingerprint density at radius 1 is 1.12 bits per heavy atom. The highest BCUT2D eigenvalue weighted by Gasteiger charge is 2.23. The fourth-order valence-electron chi connectivity index (χ4n) is 2.78. The van der Waals surface area contributed by atoms with Gasteiger partial charge in [-0.3, -0.25) is 0 Å². The molecule has 0 amide bonds. The third-order valence-corrected chi connectivity index (χ3v) is 6.27. The van der Waals surface area contributed by atoms with E-state index in [9.17, 15) is 8.42 Å². The molecule has 9 heteroatoms. The fourth-order valence-corrected chi connectivity index (χ4v) is 4.56. The fraction of sp³-hybridized carbons (Fsp3) is 0.467. The maximum absolute atomic E-state index is 12.4. The van der Waals surface area contributed by atoms with Crippen molar-refractivity contribution in [2.75, 3.05) is 30.7 Å². The van der Waals surface area contributed by atoms with Crippen LogP contribution in [-0.2, 0) is 10.0 Å². The molecule has 0 unspecified atom stereocenters. The molecule has 0 spiro atoms. The van der Waals surface area contributed by atoms with Crippen LogP contribution >= 0.6 is 23.2 Å². The van der Waals surface area contributed by atoms with Gasteiger partial charge in [0, 0.05) is 30.0 Å². The maximum Gasteiger partial charge on any atom is 0.224 e. The Kier molecular flexibility index (Phi) is 5.44. The Bertz CT molecular complexity index is 839. The number of benzene rings is 1. The molecule has 0 bridgehead atoms. The summed E-state index contributed by atoms with van der Waals surface area (Å²) in [4.78, 5) is 8.29. The Hall–Kier alpha value is -1.15. The van der Waals surface area contributed by atoms with Gasteiger partial charge in [0.05, 0.1) is 11.3 Å². The summed E-state index contributed by atoms with van der Waals surface area (Å²) in [7, 11) is -3.26. The summed E-state index contributed by atoms with van der Waals surface area (Å²) in [5, 5.41) is 4.42. The van der Waals surface area contributed by atoms with E-state index in [1.54, 1.807) is 22.5 Å². The van der Waals surface area contributed by atoms with Crippen LogP contribution < -0.4 is 5.32 Å². The molecule has 1 fully saturated rings. The van der Waals surface area contributed by atoms with Crippen molar-refractivity contribution < 1.29 is 8.42 Å². The van der Waals surface area contributed by atoms with E-state index in [0.717, 1.165) is 19.3 Å². The molecule has 0 saturated carbocycles. The van der Waals surface area contributed by atoms with E-state index in [2.05, 4.69) is 15.3 Å². The van der Waals surface area contributed by atoms with Gasteiger partial charge in [-0.2, -0.15) is 0 Å². The van der Waals surface area contributed by atoms with E-state index in [1.807, 2.05) is 0 Å². The second-order valence-corrected chi connectivity index (χ2v) is 8.57. The second-order valence-electron chi connectivity index (χ2n) is 5.71. The van der Waals surface area contributed by atoms with Crippen LogP contribution in [-0.4, -0.2) is 48.1 Å². The molecule has 1 aromatic heterocycles. The molecule has 1 saturated heterocycles. The minimum absolute atomic E-state index is 0.0106. The number of piperidine rings is 1. The molecule has 0 aliphatic carbocycles. The molecular formula is C15H18Cl2N4O2S. The van der Waals surface area contributed by atoms with E-state index in [4.69, 9.17) is 23.2 Å². The van der Waals surface area contributed by atoms with Crippen molar-refractivity contribution in [1.29, 1.82) is 0 Å². The lowest BCUT2D eigenvalue weighted by molar-refractivity contribution is 0.347. The van der Waals surface area contributed by atoms with Crippen LogP contribution in [0.4, 0.5) is 5.82 Å². The average Bonchev–Trinajstić information content (AvgIpc) is 2.56. The second kappa shape index (κ2) is 7.39. The summed E-state index contributed by atoms with van der Waals surface area (Å²) in [6.45, 7) is 1.47. The van der Waals surface area contributed by atoms with Gasteiger partial charge in [-0.15, -0.1) is 0 Å². The van der Waals surface area contributed by atoms with Gasteiger partial charge in [0.1, 0.15) is 5.82 Å². The highest BCUT2D eigenvalue weighted by Crippen LogP contribution is 2.25. The quantitative estimate of drug-likeness (QED) is 0.796. The standard InChI is InChI=1S/C15H18Cl2N4O2S/c16-11-4-5-13-12(10-11)14(20-15(17)19-13)18-6-9-24(22,23)21-7-2-1-3-8-21/h4-5,10H,1-3,6-9H2,(H,18,19,20). The van der Waals surface area contributed by atoms with Crippen molar-refractivity contribution in [3.05, 3.63) is 28.5 Å². The van der Waals surface area contributed by atoms with Gasteiger partial charge in [0.2, 0.25) is 15.3 Å². The number of sulfonamides is 1. The first-order chi connectivity index (χ1) is 11.5. The van der Waals surface area contributed by atoms with Crippen molar-refractivity contribution >= 4 is 49.9 Å². The molecule has 1 aliphatic rings. The van der Waals surface area contributed by atoms with Crippen LogP contribution in [0.3, 0.4) is 0 Å². The van der Waals surface area contributed by atoms with Gasteiger partial charge in [0.25, 0.3) is 0 Å². The average molecular weight is 389 g/mol. The minimum Gasteiger partial charge on any atom is -0.368 e. The van der Waals surface area contributed by atoms with Gasteiger partial charge in [0.15, 0.2) is 0 Å². The molecule has 1 N–H and O–H groups in total. The van der Waals surface area contributed by atoms with Gasteiger partial charge in [-0.25, -0.2) is 22.7 Å². The SMILES string of the molecule is O=S(=O)(CCNc1nc(Cl)nc2ccc(Cl)cc12)N1CCCCC1. The summed E-state index contributed by atoms with van der Waals surface area (Å²) >= 11 is 12.0. The Morgan fingerprint density at radius 2 is 1.88 bits per heavy atom. The smallest absolute Gasteiger partial charge is 0.224 e. The van der Waals surface area contributed by atoms with E-state index < -0.39 is 10.0 Å². The van der Waals surface area contributed by atoms with Crippen LogP contribution in [0, 0.1) is 0 Å². The minimum atomic E-state index is -3.26. The number of fused-ring (bicyclic) bond motifs is 1. The lowest BCUT2D eigenvalue weighted by Crippen LogP contribution is -2.38. The van der Waals surface area contributed by atoms with Crippen LogP contribution in [0.2, 0.25) is 10.3 Å². The van der Waals surface area contributed by atoms with Crippen molar-refractivity contribution in [1.82, 2.24) is 14.3 Å². The number of nitrogens with zero attached hydrogens (tertiary/aromatic N) is 3. The van der Waals surface area contributed by atoms with Gasteiger partial charge >= 0.3 is 0 Å². The number of anilines is 1. The molecule has 2 heterocycles. The summed E-state index contributed by atoms with van der Waals surface area (Å²) in [5.41, 5.74) is 0.654. The Balaban J connectivity index is 1.72. The first-order valence-corrected chi connectivity index (χ1v) is 10.2. The summed E-state index contributed by atoms with van der Waals surface area (Å²) in [5.74, 6) is 0.498. The molecule has 130 valence electrons. The first-order valence-electron chi connectivity index (χ1n) is 7.80. The largest absolute Gasteiger partial charge is 0.368 e. The summed E-state index contributed by atoms with van der Waals surface area (Å²) in [6, 6.07) is 5.20. The van der Waals surface area contributed by atoms with Crippen LogP contribution in [0.1, 0.15) is 19.3 Å². The maximum atomic E-state index is 12.4. The molecule has 2 aromatic rings. The van der Waals surface area contributed by atoms with E-state index in [1.165, 1.54) is 0 Å². The summed E-state index contributed by atoms with van der Waals surface area (Å²) < 4.78 is 26.3. The predicted octanol–water partition coefficient (Wildman–Crippen LogP) is 3.16. The van der Waals surface area contributed by atoms with Gasteiger partial charge in [-0.05, 0) is 42.6 Å². The lowest BCUT2D eigenvalue weighted by Gasteiger charge is -2.25. The van der Waals surface area contributed by atoms with Crippen LogP contribution in [0.15, 0.2) is 18.2 Å². The summed E-state index contributed by atoms with van der Waals surface area (Å²) in [6.07, 6.45) is 2.95. The third-order valence-electron chi connectivity index (χ3n) is 3.99. The highest BCUT2D eigenvalue weighted by molar-refractivity contribution is 7.89. The molecule has 3 rings (SSSR count). The van der Waals surface area contributed by atoms with Gasteiger partial charge < -0.3 is 5.32 Å². The zero-order chi connectivity index (χ0) is 17.2. The zero-order valence-corrected chi connectivity index (χ0v) is 15.3. The molecule has 24 heavy (non-hydrogen) atoms. The van der Waals surface area contributed by atoms with Crippen molar-refractivity contribution in [2.45, 2.75) is 19.3 Å². The Labute approximate surface area is 151 Å². The normalized spacial score (nSPS) is 16.4. The van der Waals surface area contributed by atoms with E-state index >= 15 is 0 Å². The number of nitrogens with one attached hydrogen (secondary N) is 1. The monoisotopic (exact) mass is 388 g/mol. The lowest BCUT2D eigenvalue weighted by atomic mass is 10.2. The van der Waals surface area contributed by atoms with Crippen LogP contribution in [0.25, 0.3) is 10.9 Å². The van der Waals surface area contributed by atoms with Crippen LogP contribution in [0.5, 0.6) is 0 Å². The van der Waals surface area contributed by atoms with E-state index in [0.29, 0.717) is 34.8 Å². The highest BCUT2D eigenvalue weighted by atomic mass is 35.5. The first kappa shape index (κ1) is 17.7. The number of aromatic nitrogens is 2. The molecular weight excluding hydrogens is 371 g/mol. The molecule has 1 aromatic carbocycles. The van der Waals surface area contributed by atoms with Crippen molar-refractivity contribution in [2.24, 2.45) is 0 Å². The van der Waals surface area contributed by atoms with Crippen molar-refractivity contribution in [3.8, 4) is 0 Å². The number of hydrogen-bond acceptors (Lipinski definition) is 5. The topological polar surface area (TPSA) is 75.2 Å². The number of halogens is 2. The number of rotatable bonds is 5. The molecule has 6 nitrogen and oxygen atoms in total. The van der Waals surface area contributed by atoms with Gasteiger partial charge in [-0.1, -0.05) is 18.0 Å².